The average Bonchev–Trinajstić information content (AvgIpc) is 2.37. The predicted octanol–water partition coefficient (Wildman–Crippen LogP) is 5.24. The second kappa shape index (κ2) is 4.66. The minimum atomic E-state index is -0.263. The topological polar surface area (TPSA) is 9.23 Å². The Hall–Kier alpha value is -1.76. The van der Waals surface area contributed by atoms with E-state index in [1.54, 1.807) is 0 Å². The van der Waals surface area contributed by atoms with Crippen molar-refractivity contribution < 1.29 is 4.74 Å². The number of fused-ring (bicyclic) bond motifs is 3. The molecule has 0 amide bonds. The monoisotopic (exact) mass is 266 g/mol. The van der Waals surface area contributed by atoms with Crippen molar-refractivity contribution in [2.75, 3.05) is 0 Å². The first kappa shape index (κ1) is 13.2. The summed E-state index contributed by atoms with van der Waals surface area (Å²) in [6.45, 7) is 8.66. The summed E-state index contributed by atoms with van der Waals surface area (Å²) in [6.07, 6.45) is 2.27. The molecule has 1 heteroatoms. The molecule has 0 aromatic heterocycles. The van der Waals surface area contributed by atoms with Gasteiger partial charge in [-0.15, -0.1) is 0 Å². The Morgan fingerprint density at radius 2 is 1.80 bits per heavy atom. The van der Waals surface area contributed by atoms with Gasteiger partial charge in [0.25, 0.3) is 0 Å². The molecular formula is C19H22O. The van der Waals surface area contributed by atoms with E-state index >= 15 is 0 Å². The Kier molecular flexibility index (Phi) is 3.08. The Labute approximate surface area is 121 Å². The van der Waals surface area contributed by atoms with Gasteiger partial charge < -0.3 is 4.74 Å². The summed E-state index contributed by atoms with van der Waals surface area (Å²) in [7, 11) is 0. The number of hydrogen-bond donors (Lipinski definition) is 0. The molecule has 0 unspecified atom stereocenters. The van der Waals surface area contributed by atoms with Crippen LogP contribution in [0.1, 0.15) is 43.9 Å². The van der Waals surface area contributed by atoms with E-state index in [0.717, 1.165) is 18.6 Å². The molecule has 0 radical (unpaired) electrons. The van der Waals surface area contributed by atoms with Gasteiger partial charge in [-0.1, -0.05) is 49.2 Å². The van der Waals surface area contributed by atoms with E-state index in [-0.39, 0.29) is 5.60 Å². The molecule has 0 saturated carbocycles. The molecular weight excluding hydrogens is 244 g/mol. The summed E-state index contributed by atoms with van der Waals surface area (Å²) in [5.41, 5.74) is 6.21. The van der Waals surface area contributed by atoms with E-state index in [9.17, 15) is 0 Å². The van der Waals surface area contributed by atoms with Crippen molar-refractivity contribution in [3.8, 4) is 16.9 Å². The van der Waals surface area contributed by atoms with E-state index in [1.807, 2.05) is 0 Å². The highest BCUT2D eigenvalue weighted by atomic mass is 16.5. The third kappa shape index (κ3) is 2.11. The normalized spacial score (nSPS) is 15.2. The van der Waals surface area contributed by atoms with E-state index in [0.29, 0.717) is 0 Å². The molecule has 0 saturated heterocycles. The summed E-state index contributed by atoms with van der Waals surface area (Å²) >= 11 is 0. The van der Waals surface area contributed by atoms with Gasteiger partial charge in [0.15, 0.2) is 0 Å². The molecule has 1 nitrogen and oxygen atoms in total. The lowest BCUT2D eigenvalue weighted by molar-refractivity contribution is 0.105. The SMILES string of the molecule is CCCc1ccc2c(c1)OC(C)(C)c1ccc(C)cc1-2. The average molecular weight is 266 g/mol. The van der Waals surface area contributed by atoms with Crippen molar-refractivity contribution in [3.63, 3.8) is 0 Å². The Morgan fingerprint density at radius 1 is 1.00 bits per heavy atom. The van der Waals surface area contributed by atoms with Gasteiger partial charge in [0, 0.05) is 11.1 Å². The van der Waals surface area contributed by atoms with Gasteiger partial charge in [-0.2, -0.15) is 0 Å². The maximum absolute atomic E-state index is 6.27. The molecule has 1 heterocycles. The second-order valence-electron chi connectivity index (χ2n) is 6.24. The molecule has 2 aromatic carbocycles. The fraction of sp³-hybridized carbons (Fsp3) is 0.368. The maximum atomic E-state index is 6.27. The van der Waals surface area contributed by atoms with Crippen LogP contribution in [0.4, 0.5) is 0 Å². The lowest BCUT2D eigenvalue weighted by Crippen LogP contribution is -2.29. The Balaban J connectivity index is 2.19. The van der Waals surface area contributed by atoms with Gasteiger partial charge >= 0.3 is 0 Å². The minimum Gasteiger partial charge on any atom is -0.482 e. The molecule has 2 aromatic rings. The summed E-state index contributed by atoms with van der Waals surface area (Å²) in [4.78, 5) is 0. The smallest absolute Gasteiger partial charge is 0.129 e. The molecule has 0 N–H and O–H groups in total. The van der Waals surface area contributed by atoms with Crippen LogP contribution in [0, 0.1) is 6.92 Å². The van der Waals surface area contributed by atoms with Crippen molar-refractivity contribution in [2.45, 2.75) is 46.1 Å². The van der Waals surface area contributed by atoms with Crippen LogP contribution in [0.15, 0.2) is 36.4 Å². The zero-order valence-corrected chi connectivity index (χ0v) is 12.8. The fourth-order valence-electron chi connectivity index (χ4n) is 3.05. The van der Waals surface area contributed by atoms with Gasteiger partial charge in [-0.25, -0.2) is 0 Å². The second-order valence-corrected chi connectivity index (χ2v) is 6.24. The number of aryl methyl sites for hydroxylation is 2. The summed E-state index contributed by atoms with van der Waals surface area (Å²) in [5.74, 6) is 1.03. The number of ether oxygens (including phenoxy) is 1. The van der Waals surface area contributed by atoms with Crippen LogP contribution in [0.25, 0.3) is 11.1 Å². The minimum absolute atomic E-state index is 0.263. The van der Waals surface area contributed by atoms with Gasteiger partial charge in [0.2, 0.25) is 0 Å². The molecule has 0 aliphatic carbocycles. The summed E-state index contributed by atoms with van der Waals surface area (Å²) in [5, 5.41) is 0. The van der Waals surface area contributed by atoms with Gasteiger partial charge in [-0.05, 0) is 44.4 Å². The Bertz CT molecular complexity index is 653. The molecule has 0 bridgehead atoms. The summed E-state index contributed by atoms with van der Waals surface area (Å²) < 4.78 is 6.27. The van der Waals surface area contributed by atoms with Crippen molar-refractivity contribution in [1.82, 2.24) is 0 Å². The van der Waals surface area contributed by atoms with Crippen molar-refractivity contribution in [3.05, 3.63) is 53.1 Å². The van der Waals surface area contributed by atoms with E-state index in [2.05, 4.69) is 64.1 Å². The van der Waals surface area contributed by atoms with E-state index in [1.165, 1.54) is 27.8 Å². The van der Waals surface area contributed by atoms with Gasteiger partial charge in [0.1, 0.15) is 11.4 Å². The zero-order chi connectivity index (χ0) is 14.3. The van der Waals surface area contributed by atoms with Crippen LogP contribution in [0.5, 0.6) is 5.75 Å². The third-order valence-electron chi connectivity index (χ3n) is 4.06. The van der Waals surface area contributed by atoms with Crippen molar-refractivity contribution in [1.29, 1.82) is 0 Å². The number of benzene rings is 2. The molecule has 3 rings (SSSR count). The van der Waals surface area contributed by atoms with E-state index < -0.39 is 0 Å². The van der Waals surface area contributed by atoms with Gasteiger partial charge in [-0.3, -0.25) is 0 Å². The zero-order valence-electron chi connectivity index (χ0n) is 12.8. The van der Waals surface area contributed by atoms with Crippen LogP contribution in [0.2, 0.25) is 0 Å². The van der Waals surface area contributed by atoms with Crippen LogP contribution in [-0.4, -0.2) is 0 Å². The number of hydrogen-bond acceptors (Lipinski definition) is 1. The van der Waals surface area contributed by atoms with Crippen LogP contribution < -0.4 is 4.74 Å². The highest BCUT2D eigenvalue weighted by Gasteiger charge is 2.32. The van der Waals surface area contributed by atoms with E-state index in [4.69, 9.17) is 4.74 Å². The largest absolute Gasteiger partial charge is 0.482 e. The lowest BCUT2D eigenvalue weighted by Gasteiger charge is -2.35. The first-order valence-corrected chi connectivity index (χ1v) is 7.44. The first-order valence-electron chi connectivity index (χ1n) is 7.44. The predicted molar refractivity (Wildman–Crippen MR) is 84.3 cm³/mol. The van der Waals surface area contributed by atoms with Gasteiger partial charge in [0.05, 0.1) is 0 Å². The number of rotatable bonds is 2. The molecule has 1 aliphatic rings. The molecule has 104 valence electrons. The van der Waals surface area contributed by atoms with Crippen molar-refractivity contribution >= 4 is 0 Å². The van der Waals surface area contributed by atoms with Crippen molar-refractivity contribution in [2.24, 2.45) is 0 Å². The lowest BCUT2D eigenvalue weighted by atomic mass is 9.85. The summed E-state index contributed by atoms with van der Waals surface area (Å²) in [6, 6.07) is 13.3. The van der Waals surface area contributed by atoms with Crippen LogP contribution >= 0.6 is 0 Å². The molecule has 1 aliphatic heterocycles. The standard InChI is InChI=1S/C19H22O/c1-5-6-14-8-9-15-16-11-13(2)7-10-17(16)19(3,4)20-18(15)12-14/h7-12H,5-6H2,1-4H3. The Morgan fingerprint density at radius 3 is 2.55 bits per heavy atom. The van der Waals surface area contributed by atoms with Crippen LogP contribution in [0.3, 0.4) is 0 Å². The molecule has 0 atom stereocenters. The fourth-order valence-corrected chi connectivity index (χ4v) is 3.05. The van der Waals surface area contributed by atoms with Crippen LogP contribution in [-0.2, 0) is 12.0 Å². The first-order chi connectivity index (χ1) is 9.51. The highest BCUT2D eigenvalue weighted by Crippen LogP contribution is 2.45. The highest BCUT2D eigenvalue weighted by molar-refractivity contribution is 5.77. The molecule has 0 spiro atoms. The maximum Gasteiger partial charge on any atom is 0.129 e. The quantitative estimate of drug-likeness (QED) is 0.722. The molecule has 0 fully saturated rings. The third-order valence-corrected chi connectivity index (χ3v) is 4.06. The molecule has 20 heavy (non-hydrogen) atoms.